The van der Waals surface area contributed by atoms with Crippen molar-refractivity contribution >= 4 is 39.6 Å². The van der Waals surface area contributed by atoms with Gasteiger partial charge in [0.2, 0.25) is 0 Å². The molecule has 144 valence electrons. The number of benzene rings is 2. The summed E-state index contributed by atoms with van der Waals surface area (Å²) in [5.74, 6) is 0.493. The van der Waals surface area contributed by atoms with Gasteiger partial charge in [-0.2, -0.15) is 0 Å². The molecule has 2 aromatic carbocycles. The van der Waals surface area contributed by atoms with Gasteiger partial charge in [-0.15, -0.1) is 0 Å². The Morgan fingerprint density at radius 3 is 2.64 bits per heavy atom. The van der Waals surface area contributed by atoms with Gasteiger partial charge in [-0.05, 0) is 48.4 Å². The number of methoxy groups -OCH3 is 1. The maximum atomic E-state index is 12.3. The van der Waals surface area contributed by atoms with E-state index in [2.05, 4.69) is 9.97 Å². The monoisotopic (exact) mass is 398 g/mol. The minimum atomic E-state index is -0.502. The summed E-state index contributed by atoms with van der Waals surface area (Å²) in [6.07, 6.45) is 2.63. The van der Waals surface area contributed by atoms with Gasteiger partial charge in [0, 0.05) is 0 Å². The van der Waals surface area contributed by atoms with Crippen LogP contribution in [0.1, 0.15) is 35.1 Å². The molecular formula is C21H19ClN2O4. The Hall–Kier alpha value is -3.12. The highest BCUT2D eigenvalue weighted by atomic mass is 35.5. The lowest BCUT2D eigenvalue weighted by atomic mass is 10.1. The van der Waals surface area contributed by atoms with Gasteiger partial charge in [0.05, 0.1) is 35.2 Å². The number of aromatic nitrogens is 2. The van der Waals surface area contributed by atoms with Gasteiger partial charge in [-0.25, -0.2) is 9.78 Å². The van der Waals surface area contributed by atoms with Crippen molar-refractivity contribution in [3.63, 3.8) is 0 Å². The zero-order chi connectivity index (χ0) is 20.1. The van der Waals surface area contributed by atoms with Crippen molar-refractivity contribution in [3.05, 3.63) is 69.8 Å². The highest BCUT2D eigenvalue weighted by Crippen LogP contribution is 2.22. The first kappa shape index (κ1) is 19.6. The average Bonchev–Trinajstić information content (AvgIpc) is 2.72. The third-order valence-corrected chi connectivity index (χ3v) is 4.29. The van der Waals surface area contributed by atoms with Crippen LogP contribution >= 0.6 is 11.6 Å². The van der Waals surface area contributed by atoms with Gasteiger partial charge in [-0.1, -0.05) is 30.7 Å². The Labute approximate surface area is 166 Å². The summed E-state index contributed by atoms with van der Waals surface area (Å²) in [7, 11) is 1.29. The quantitative estimate of drug-likeness (QED) is 0.628. The van der Waals surface area contributed by atoms with Crippen LogP contribution < -0.4 is 10.3 Å². The zero-order valence-corrected chi connectivity index (χ0v) is 16.2. The fraction of sp³-hybridized carbons (Fsp3) is 0.190. The molecule has 1 aromatic heterocycles. The molecule has 3 rings (SSSR count). The lowest BCUT2D eigenvalue weighted by Gasteiger charge is -2.06. The first-order chi connectivity index (χ1) is 13.5. The van der Waals surface area contributed by atoms with Crippen LogP contribution in [0.5, 0.6) is 5.75 Å². The number of fused-ring (bicyclic) bond motifs is 1. The fourth-order valence-electron chi connectivity index (χ4n) is 2.59. The second-order valence-electron chi connectivity index (χ2n) is 6.05. The van der Waals surface area contributed by atoms with E-state index in [-0.39, 0.29) is 16.4 Å². The van der Waals surface area contributed by atoms with E-state index in [0.717, 1.165) is 17.7 Å². The standard InChI is InChI=1S/C21H19ClN2O4/c1-3-10-28-15-7-4-13(5-8-15)11-17(22)19-23-18-12-14(21(26)27-2)6-9-16(18)20(25)24-19/h4-9,11-12H,3,10H2,1-2H3,(H,23,24,25)/b17-11-. The van der Waals surface area contributed by atoms with Crippen LogP contribution in [0, 0.1) is 0 Å². The van der Waals surface area contributed by atoms with Gasteiger partial charge < -0.3 is 14.5 Å². The van der Waals surface area contributed by atoms with Crippen molar-refractivity contribution in [2.45, 2.75) is 13.3 Å². The van der Waals surface area contributed by atoms with E-state index < -0.39 is 5.97 Å². The second kappa shape index (κ2) is 8.71. The van der Waals surface area contributed by atoms with Gasteiger partial charge in [0.15, 0.2) is 5.82 Å². The Kier molecular flexibility index (Phi) is 6.11. The maximum Gasteiger partial charge on any atom is 0.337 e. The lowest BCUT2D eigenvalue weighted by molar-refractivity contribution is 0.0601. The first-order valence-electron chi connectivity index (χ1n) is 8.74. The number of nitrogens with zero attached hydrogens (tertiary/aromatic N) is 1. The third kappa shape index (κ3) is 4.40. The number of hydrogen-bond donors (Lipinski definition) is 1. The molecule has 0 aliphatic rings. The van der Waals surface area contributed by atoms with Gasteiger partial charge in [0.25, 0.3) is 5.56 Å². The third-order valence-electron chi connectivity index (χ3n) is 4.00. The summed E-state index contributed by atoms with van der Waals surface area (Å²) in [6, 6.07) is 12.0. The van der Waals surface area contributed by atoms with E-state index >= 15 is 0 Å². The molecule has 0 radical (unpaired) electrons. The number of ether oxygens (including phenoxy) is 2. The Morgan fingerprint density at radius 1 is 1.21 bits per heavy atom. The average molecular weight is 399 g/mol. The highest BCUT2D eigenvalue weighted by molar-refractivity contribution is 6.50. The molecule has 0 saturated heterocycles. The number of carbonyl (C=O) groups is 1. The van der Waals surface area contributed by atoms with Crippen molar-refractivity contribution in [1.82, 2.24) is 9.97 Å². The van der Waals surface area contributed by atoms with Gasteiger partial charge in [0.1, 0.15) is 5.75 Å². The predicted molar refractivity (Wildman–Crippen MR) is 110 cm³/mol. The number of esters is 1. The normalized spacial score (nSPS) is 11.5. The smallest absolute Gasteiger partial charge is 0.337 e. The molecule has 3 aromatic rings. The number of carbonyl (C=O) groups excluding carboxylic acids is 1. The molecule has 28 heavy (non-hydrogen) atoms. The molecule has 0 unspecified atom stereocenters. The van der Waals surface area contributed by atoms with Crippen LogP contribution in [0.4, 0.5) is 0 Å². The number of nitrogens with one attached hydrogen (secondary N) is 1. The predicted octanol–water partition coefficient (Wildman–Crippen LogP) is 4.24. The summed E-state index contributed by atoms with van der Waals surface area (Å²) in [5, 5.41) is 0.628. The zero-order valence-electron chi connectivity index (χ0n) is 15.5. The molecule has 6 nitrogen and oxygen atoms in total. The molecular weight excluding hydrogens is 380 g/mol. The SMILES string of the molecule is CCCOc1ccc(/C=C(\Cl)c2nc3cc(C(=O)OC)ccc3c(=O)[nH]2)cc1. The number of halogens is 1. The van der Waals surface area contributed by atoms with Crippen molar-refractivity contribution in [2.24, 2.45) is 0 Å². The first-order valence-corrected chi connectivity index (χ1v) is 9.12. The molecule has 0 saturated carbocycles. The van der Waals surface area contributed by atoms with Crippen LogP contribution in [-0.2, 0) is 4.74 Å². The van der Waals surface area contributed by atoms with E-state index in [1.807, 2.05) is 31.2 Å². The summed E-state index contributed by atoms with van der Waals surface area (Å²) in [5.41, 5.74) is 1.16. The topological polar surface area (TPSA) is 81.3 Å². The lowest BCUT2D eigenvalue weighted by Crippen LogP contribution is -2.11. The molecule has 0 aliphatic heterocycles. The van der Waals surface area contributed by atoms with E-state index in [4.69, 9.17) is 21.1 Å². The van der Waals surface area contributed by atoms with Crippen molar-refractivity contribution < 1.29 is 14.3 Å². The van der Waals surface area contributed by atoms with E-state index in [1.54, 1.807) is 6.08 Å². The molecule has 1 heterocycles. The van der Waals surface area contributed by atoms with Crippen LogP contribution in [0.3, 0.4) is 0 Å². The Balaban J connectivity index is 1.94. The molecule has 0 spiro atoms. The molecule has 0 aliphatic carbocycles. The molecule has 0 amide bonds. The maximum absolute atomic E-state index is 12.3. The highest BCUT2D eigenvalue weighted by Gasteiger charge is 2.11. The van der Waals surface area contributed by atoms with Gasteiger partial charge >= 0.3 is 5.97 Å². The number of rotatable bonds is 6. The molecule has 0 atom stereocenters. The van der Waals surface area contributed by atoms with Crippen molar-refractivity contribution in [3.8, 4) is 5.75 Å². The van der Waals surface area contributed by atoms with E-state index in [1.165, 1.54) is 25.3 Å². The van der Waals surface area contributed by atoms with Crippen LogP contribution in [0.2, 0.25) is 0 Å². The van der Waals surface area contributed by atoms with Crippen LogP contribution in [0.25, 0.3) is 22.0 Å². The van der Waals surface area contributed by atoms with E-state index in [0.29, 0.717) is 23.1 Å². The van der Waals surface area contributed by atoms with Crippen molar-refractivity contribution in [2.75, 3.05) is 13.7 Å². The summed E-state index contributed by atoms with van der Waals surface area (Å²) in [6.45, 7) is 2.70. The number of aromatic amines is 1. The Morgan fingerprint density at radius 2 is 1.96 bits per heavy atom. The molecule has 0 bridgehead atoms. The van der Waals surface area contributed by atoms with Crippen LogP contribution in [0.15, 0.2) is 47.3 Å². The van der Waals surface area contributed by atoms with Crippen molar-refractivity contribution in [1.29, 1.82) is 0 Å². The van der Waals surface area contributed by atoms with Gasteiger partial charge in [-0.3, -0.25) is 4.79 Å². The number of hydrogen-bond acceptors (Lipinski definition) is 5. The summed E-state index contributed by atoms with van der Waals surface area (Å²) < 4.78 is 10.3. The summed E-state index contributed by atoms with van der Waals surface area (Å²) >= 11 is 6.37. The van der Waals surface area contributed by atoms with E-state index in [9.17, 15) is 9.59 Å². The largest absolute Gasteiger partial charge is 0.494 e. The second-order valence-corrected chi connectivity index (χ2v) is 6.46. The molecule has 7 heteroatoms. The molecule has 0 fully saturated rings. The molecule has 1 N–H and O–H groups in total. The Bertz CT molecular complexity index is 1090. The van der Waals surface area contributed by atoms with Crippen LogP contribution in [-0.4, -0.2) is 29.7 Å². The minimum absolute atomic E-state index is 0.215. The fourth-order valence-corrected chi connectivity index (χ4v) is 2.81. The number of H-pyrrole nitrogens is 1. The summed E-state index contributed by atoms with van der Waals surface area (Å²) in [4.78, 5) is 31.1. The minimum Gasteiger partial charge on any atom is -0.494 e.